The predicted octanol–water partition coefficient (Wildman–Crippen LogP) is 4.61. The lowest BCUT2D eigenvalue weighted by molar-refractivity contribution is 0.0993. The molecular formula is C14H11BrCl2N2O. The molecule has 0 aliphatic rings. The molecule has 0 radical (unpaired) electrons. The van der Waals surface area contributed by atoms with Gasteiger partial charge in [-0.25, -0.2) is 0 Å². The molecule has 0 bridgehead atoms. The van der Waals surface area contributed by atoms with Gasteiger partial charge in [0.25, 0.3) is 5.91 Å². The van der Waals surface area contributed by atoms with Gasteiger partial charge in [-0.05, 0) is 30.3 Å². The van der Waals surface area contributed by atoms with Gasteiger partial charge in [0.15, 0.2) is 0 Å². The minimum atomic E-state index is -0.272. The highest BCUT2D eigenvalue weighted by atomic mass is 79.9. The van der Waals surface area contributed by atoms with E-state index < -0.39 is 0 Å². The van der Waals surface area contributed by atoms with Crippen LogP contribution in [0.2, 0.25) is 10.0 Å². The van der Waals surface area contributed by atoms with Crippen LogP contribution in [0.25, 0.3) is 0 Å². The molecular weight excluding hydrogens is 363 g/mol. The number of nitrogens with zero attached hydrogens (tertiary/aromatic N) is 1. The van der Waals surface area contributed by atoms with E-state index in [0.29, 0.717) is 22.0 Å². The molecule has 0 heterocycles. The Labute approximate surface area is 135 Å². The first kappa shape index (κ1) is 15.2. The van der Waals surface area contributed by atoms with Crippen molar-refractivity contribution < 1.29 is 4.79 Å². The van der Waals surface area contributed by atoms with Crippen molar-refractivity contribution in [2.45, 2.75) is 0 Å². The summed E-state index contributed by atoms with van der Waals surface area (Å²) in [6.45, 7) is 0. The Bertz CT molecular complexity index is 676. The van der Waals surface area contributed by atoms with Crippen LogP contribution in [0.5, 0.6) is 0 Å². The number of benzene rings is 2. The first-order valence-corrected chi connectivity index (χ1v) is 7.24. The van der Waals surface area contributed by atoms with Crippen LogP contribution in [0, 0.1) is 0 Å². The Morgan fingerprint density at radius 2 is 1.95 bits per heavy atom. The van der Waals surface area contributed by atoms with E-state index in [1.165, 1.54) is 4.90 Å². The Hall–Kier alpha value is -1.23. The van der Waals surface area contributed by atoms with Crippen LogP contribution >= 0.6 is 39.1 Å². The van der Waals surface area contributed by atoms with Crippen molar-refractivity contribution in [1.29, 1.82) is 0 Å². The summed E-state index contributed by atoms with van der Waals surface area (Å²) in [6.07, 6.45) is 0. The van der Waals surface area contributed by atoms with Gasteiger partial charge in [-0.3, -0.25) is 4.79 Å². The van der Waals surface area contributed by atoms with Crippen molar-refractivity contribution in [2.24, 2.45) is 0 Å². The van der Waals surface area contributed by atoms with Crippen LogP contribution in [-0.2, 0) is 0 Å². The molecule has 1 amide bonds. The number of hydrogen-bond acceptors (Lipinski definition) is 2. The third-order valence-electron chi connectivity index (χ3n) is 2.84. The van der Waals surface area contributed by atoms with Crippen LogP contribution in [0.3, 0.4) is 0 Å². The molecule has 0 saturated carbocycles. The molecule has 20 heavy (non-hydrogen) atoms. The molecule has 104 valence electrons. The normalized spacial score (nSPS) is 10.4. The van der Waals surface area contributed by atoms with Crippen molar-refractivity contribution in [2.75, 3.05) is 17.7 Å². The Kier molecular flexibility index (Phi) is 4.58. The number of amides is 1. The molecule has 2 aromatic rings. The molecule has 0 aliphatic carbocycles. The van der Waals surface area contributed by atoms with Gasteiger partial charge >= 0.3 is 0 Å². The standard InChI is InChI=1S/C14H11BrCl2N2O/c1-19(12-6-5-8(15)7-11(12)18)14(20)9-3-2-4-10(16)13(9)17/h2-7H,18H2,1H3. The van der Waals surface area contributed by atoms with E-state index >= 15 is 0 Å². The summed E-state index contributed by atoms with van der Waals surface area (Å²) in [6, 6.07) is 10.3. The third kappa shape index (κ3) is 2.92. The van der Waals surface area contributed by atoms with Gasteiger partial charge in [-0.2, -0.15) is 0 Å². The highest BCUT2D eigenvalue weighted by Gasteiger charge is 2.19. The second-order valence-corrected chi connectivity index (χ2v) is 5.87. The average molecular weight is 374 g/mol. The maximum Gasteiger partial charge on any atom is 0.259 e. The van der Waals surface area contributed by atoms with Crippen LogP contribution < -0.4 is 10.6 Å². The molecule has 6 heteroatoms. The SMILES string of the molecule is CN(C(=O)c1cccc(Cl)c1Cl)c1ccc(Br)cc1N. The molecule has 2 N–H and O–H groups in total. The van der Waals surface area contributed by atoms with Crippen molar-refractivity contribution in [3.05, 3.63) is 56.5 Å². The number of anilines is 2. The molecule has 3 nitrogen and oxygen atoms in total. The lowest BCUT2D eigenvalue weighted by atomic mass is 10.1. The molecule has 0 fully saturated rings. The maximum absolute atomic E-state index is 12.5. The predicted molar refractivity (Wildman–Crippen MR) is 87.7 cm³/mol. The molecule has 2 rings (SSSR count). The summed E-state index contributed by atoms with van der Waals surface area (Å²) < 4.78 is 0.848. The van der Waals surface area contributed by atoms with E-state index in [0.717, 1.165) is 4.47 Å². The Morgan fingerprint density at radius 3 is 2.60 bits per heavy atom. The average Bonchev–Trinajstić information content (AvgIpc) is 2.40. The van der Waals surface area contributed by atoms with Crippen molar-refractivity contribution in [3.8, 4) is 0 Å². The zero-order valence-electron chi connectivity index (χ0n) is 10.5. The van der Waals surface area contributed by atoms with E-state index in [-0.39, 0.29) is 10.9 Å². The van der Waals surface area contributed by atoms with Gasteiger partial charge in [0.05, 0.1) is 27.0 Å². The molecule has 2 aromatic carbocycles. The number of rotatable bonds is 2. The summed E-state index contributed by atoms with van der Waals surface area (Å²) in [4.78, 5) is 13.9. The second-order valence-electron chi connectivity index (χ2n) is 4.17. The summed E-state index contributed by atoms with van der Waals surface area (Å²) in [5, 5.41) is 0.580. The van der Waals surface area contributed by atoms with Crippen LogP contribution in [-0.4, -0.2) is 13.0 Å². The summed E-state index contributed by atoms with van der Waals surface area (Å²) in [5.74, 6) is -0.272. The first-order chi connectivity index (χ1) is 9.41. The molecule has 0 atom stereocenters. The van der Waals surface area contributed by atoms with E-state index in [1.54, 1.807) is 37.4 Å². The van der Waals surface area contributed by atoms with Gasteiger partial charge in [-0.15, -0.1) is 0 Å². The lowest BCUT2D eigenvalue weighted by Gasteiger charge is -2.20. The van der Waals surface area contributed by atoms with Crippen molar-refractivity contribution in [1.82, 2.24) is 0 Å². The van der Waals surface area contributed by atoms with Gasteiger partial charge < -0.3 is 10.6 Å². The smallest absolute Gasteiger partial charge is 0.259 e. The second kappa shape index (κ2) is 6.04. The fraction of sp³-hybridized carbons (Fsp3) is 0.0714. The maximum atomic E-state index is 12.5. The summed E-state index contributed by atoms with van der Waals surface area (Å²) >= 11 is 15.3. The van der Waals surface area contributed by atoms with Crippen molar-refractivity contribution in [3.63, 3.8) is 0 Å². The molecule has 0 aliphatic heterocycles. The highest BCUT2D eigenvalue weighted by Crippen LogP contribution is 2.30. The van der Waals surface area contributed by atoms with Crippen LogP contribution in [0.4, 0.5) is 11.4 Å². The van der Waals surface area contributed by atoms with Gasteiger partial charge in [0.2, 0.25) is 0 Å². The topological polar surface area (TPSA) is 46.3 Å². The molecule has 0 spiro atoms. The van der Waals surface area contributed by atoms with Crippen LogP contribution in [0.1, 0.15) is 10.4 Å². The first-order valence-electron chi connectivity index (χ1n) is 5.69. The number of halogens is 3. The third-order valence-corrected chi connectivity index (χ3v) is 4.15. The van der Waals surface area contributed by atoms with E-state index in [1.807, 2.05) is 6.07 Å². The lowest BCUT2D eigenvalue weighted by Crippen LogP contribution is -2.27. The molecule has 0 aromatic heterocycles. The van der Waals surface area contributed by atoms with Gasteiger partial charge in [0, 0.05) is 11.5 Å². The number of carbonyl (C=O) groups excluding carboxylic acids is 1. The summed E-state index contributed by atoms with van der Waals surface area (Å²) in [7, 11) is 1.64. The fourth-order valence-electron chi connectivity index (χ4n) is 1.79. The quantitative estimate of drug-likeness (QED) is 0.781. The zero-order chi connectivity index (χ0) is 14.9. The largest absolute Gasteiger partial charge is 0.397 e. The highest BCUT2D eigenvalue weighted by molar-refractivity contribution is 9.10. The number of nitrogen functional groups attached to an aromatic ring is 1. The monoisotopic (exact) mass is 372 g/mol. The van der Waals surface area contributed by atoms with E-state index in [9.17, 15) is 4.79 Å². The summed E-state index contributed by atoms with van der Waals surface area (Å²) in [5.41, 5.74) is 7.36. The van der Waals surface area contributed by atoms with E-state index in [4.69, 9.17) is 28.9 Å². The molecule has 0 unspecified atom stereocenters. The van der Waals surface area contributed by atoms with Gasteiger partial charge in [0.1, 0.15) is 0 Å². The number of nitrogens with two attached hydrogens (primary N) is 1. The minimum Gasteiger partial charge on any atom is -0.397 e. The minimum absolute atomic E-state index is 0.238. The Morgan fingerprint density at radius 1 is 1.25 bits per heavy atom. The number of carbonyl (C=O) groups is 1. The van der Waals surface area contributed by atoms with Crippen LogP contribution in [0.15, 0.2) is 40.9 Å². The number of hydrogen-bond donors (Lipinski definition) is 1. The fourth-order valence-corrected chi connectivity index (χ4v) is 2.55. The Balaban J connectivity index is 2.40. The van der Waals surface area contributed by atoms with Gasteiger partial charge in [-0.1, -0.05) is 45.2 Å². The zero-order valence-corrected chi connectivity index (χ0v) is 13.6. The van der Waals surface area contributed by atoms with E-state index in [2.05, 4.69) is 15.9 Å². The molecule has 0 saturated heterocycles. The van der Waals surface area contributed by atoms with Crippen molar-refractivity contribution >= 4 is 56.4 Å².